The van der Waals surface area contributed by atoms with Crippen molar-refractivity contribution >= 4 is 31.9 Å². The van der Waals surface area contributed by atoms with Crippen LogP contribution in [0.5, 0.6) is 0 Å². The average Bonchev–Trinajstić information content (AvgIpc) is 2.40. The van der Waals surface area contributed by atoms with Crippen molar-refractivity contribution in [1.29, 1.82) is 0 Å². The Bertz CT molecular complexity index is 572. The molecule has 2 rings (SSSR count). The van der Waals surface area contributed by atoms with Crippen LogP contribution in [-0.4, -0.2) is 0 Å². The monoisotopic (exact) mass is 385 g/mol. The van der Waals surface area contributed by atoms with E-state index in [1.54, 1.807) is 12.1 Å². The minimum absolute atomic E-state index is 0.233. The van der Waals surface area contributed by atoms with Crippen LogP contribution in [0.3, 0.4) is 0 Å². The lowest BCUT2D eigenvalue weighted by Gasteiger charge is -2.15. The van der Waals surface area contributed by atoms with Crippen molar-refractivity contribution < 1.29 is 4.39 Å². The molecule has 0 spiro atoms. The van der Waals surface area contributed by atoms with Gasteiger partial charge in [0.05, 0.1) is 4.47 Å². The van der Waals surface area contributed by atoms with Crippen molar-refractivity contribution in [3.8, 4) is 0 Å². The Balaban J connectivity index is 2.00. The maximum Gasteiger partial charge on any atom is 0.137 e. The van der Waals surface area contributed by atoms with Gasteiger partial charge >= 0.3 is 0 Å². The Morgan fingerprint density at radius 3 is 2.63 bits per heavy atom. The first-order valence-electron chi connectivity index (χ1n) is 5.99. The van der Waals surface area contributed by atoms with Crippen molar-refractivity contribution in [3.63, 3.8) is 0 Å². The van der Waals surface area contributed by atoms with Gasteiger partial charge in [-0.2, -0.15) is 0 Å². The van der Waals surface area contributed by atoms with Gasteiger partial charge in [0.1, 0.15) is 5.82 Å². The lowest BCUT2D eigenvalue weighted by atomic mass is 10.1. The molecule has 0 fully saturated rings. The Kier molecular flexibility index (Phi) is 5.13. The van der Waals surface area contributed by atoms with Gasteiger partial charge < -0.3 is 5.32 Å². The topological polar surface area (TPSA) is 12.0 Å². The zero-order valence-electron chi connectivity index (χ0n) is 10.5. The molecule has 0 unspecified atom stereocenters. The van der Waals surface area contributed by atoms with E-state index in [9.17, 15) is 4.39 Å². The third-order valence-corrected chi connectivity index (χ3v) is 4.05. The molecule has 1 atom stereocenters. The zero-order valence-corrected chi connectivity index (χ0v) is 13.6. The minimum atomic E-state index is -0.233. The number of hydrogen-bond acceptors (Lipinski definition) is 1. The Hall–Kier alpha value is -0.710. The van der Waals surface area contributed by atoms with Gasteiger partial charge in [0.15, 0.2) is 0 Å². The van der Waals surface area contributed by atoms with Crippen molar-refractivity contribution in [3.05, 3.63) is 68.4 Å². The van der Waals surface area contributed by atoms with Crippen molar-refractivity contribution in [2.24, 2.45) is 0 Å². The predicted molar refractivity (Wildman–Crippen MR) is 83.5 cm³/mol. The summed E-state index contributed by atoms with van der Waals surface area (Å²) in [6, 6.07) is 13.5. The summed E-state index contributed by atoms with van der Waals surface area (Å²) in [6.07, 6.45) is 0. The number of hydrogen-bond donors (Lipinski definition) is 1. The molecule has 0 aliphatic heterocycles. The molecule has 2 aromatic rings. The Morgan fingerprint density at radius 2 is 1.95 bits per heavy atom. The normalized spacial score (nSPS) is 12.4. The maximum absolute atomic E-state index is 13.1. The largest absolute Gasteiger partial charge is 0.306 e. The third-order valence-electron chi connectivity index (χ3n) is 2.95. The van der Waals surface area contributed by atoms with E-state index in [2.05, 4.69) is 56.2 Å². The van der Waals surface area contributed by atoms with Crippen LogP contribution in [0, 0.1) is 5.82 Å². The Labute approximate surface area is 129 Å². The van der Waals surface area contributed by atoms with Crippen LogP contribution in [-0.2, 0) is 6.54 Å². The summed E-state index contributed by atoms with van der Waals surface area (Å²) >= 11 is 6.67. The molecule has 0 saturated heterocycles. The minimum Gasteiger partial charge on any atom is -0.306 e. The second-order valence-corrected chi connectivity index (χ2v) is 6.18. The summed E-state index contributed by atoms with van der Waals surface area (Å²) in [5.41, 5.74) is 2.27. The summed E-state index contributed by atoms with van der Waals surface area (Å²) in [5.74, 6) is -0.233. The first kappa shape index (κ1) is 14.7. The van der Waals surface area contributed by atoms with Gasteiger partial charge in [-0.1, -0.05) is 34.1 Å². The highest BCUT2D eigenvalue weighted by molar-refractivity contribution is 9.10. The van der Waals surface area contributed by atoms with E-state index >= 15 is 0 Å². The van der Waals surface area contributed by atoms with Crippen LogP contribution in [0.2, 0.25) is 0 Å². The van der Waals surface area contributed by atoms with Gasteiger partial charge in [-0.3, -0.25) is 0 Å². The molecular weight excluding hydrogens is 373 g/mol. The lowest BCUT2D eigenvalue weighted by Crippen LogP contribution is -2.18. The molecule has 4 heteroatoms. The molecule has 100 valence electrons. The van der Waals surface area contributed by atoms with E-state index in [4.69, 9.17) is 0 Å². The highest BCUT2D eigenvalue weighted by Gasteiger charge is 2.06. The van der Waals surface area contributed by atoms with Gasteiger partial charge in [0, 0.05) is 17.1 Å². The number of rotatable bonds is 4. The van der Waals surface area contributed by atoms with Crippen LogP contribution in [0.1, 0.15) is 24.1 Å². The Morgan fingerprint density at radius 1 is 1.16 bits per heavy atom. The summed E-state index contributed by atoms with van der Waals surface area (Å²) in [6.45, 7) is 2.81. The molecule has 0 bridgehead atoms. The van der Waals surface area contributed by atoms with Crippen LogP contribution < -0.4 is 5.32 Å². The molecule has 1 N–H and O–H groups in total. The van der Waals surface area contributed by atoms with Crippen LogP contribution in [0.25, 0.3) is 0 Å². The fourth-order valence-corrected chi connectivity index (χ4v) is 2.66. The molecule has 0 heterocycles. The summed E-state index contributed by atoms with van der Waals surface area (Å²) in [5, 5.41) is 3.42. The molecule has 0 aliphatic rings. The van der Waals surface area contributed by atoms with E-state index in [1.165, 1.54) is 11.6 Å². The van der Waals surface area contributed by atoms with Gasteiger partial charge in [0.25, 0.3) is 0 Å². The van der Waals surface area contributed by atoms with E-state index in [1.807, 2.05) is 12.1 Å². The van der Waals surface area contributed by atoms with Crippen molar-refractivity contribution in [2.45, 2.75) is 19.5 Å². The molecular formula is C15H14Br2FN. The summed E-state index contributed by atoms with van der Waals surface area (Å²) in [4.78, 5) is 0. The van der Waals surface area contributed by atoms with Crippen LogP contribution >= 0.6 is 31.9 Å². The average molecular weight is 387 g/mol. The molecule has 2 aromatic carbocycles. The van der Waals surface area contributed by atoms with Gasteiger partial charge in [0.2, 0.25) is 0 Å². The number of halogens is 3. The SMILES string of the molecule is C[C@@H](NCc1ccc(F)c(Br)c1)c1cccc(Br)c1. The first-order chi connectivity index (χ1) is 9.06. The standard InChI is InChI=1S/C15H14Br2FN/c1-10(12-3-2-4-13(16)8-12)19-9-11-5-6-15(18)14(17)7-11/h2-8,10,19H,9H2,1H3/t10-/m1/s1. The highest BCUT2D eigenvalue weighted by atomic mass is 79.9. The fraction of sp³-hybridized carbons (Fsp3) is 0.200. The van der Waals surface area contributed by atoms with Crippen LogP contribution in [0.15, 0.2) is 51.4 Å². The summed E-state index contributed by atoms with van der Waals surface area (Å²) < 4.78 is 14.7. The highest BCUT2D eigenvalue weighted by Crippen LogP contribution is 2.20. The molecule has 0 aliphatic carbocycles. The van der Waals surface area contributed by atoms with E-state index in [0.29, 0.717) is 11.0 Å². The van der Waals surface area contributed by atoms with Gasteiger partial charge in [-0.15, -0.1) is 0 Å². The zero-order chi connectivity index (χ0) is 13.8. The van der Waals surface area contributed by atoms with E-state index in [-0.39, 0.29) is 11.9 Å². The van der Waals surface area contributed by atoms with Crippen LogP contribution in [0.4, 0.5) is 4.39 Å². The molecule has 0 saturated carbocycles. The second-order valence-electron chi connectivity index (χ2n) is 4.41. The lowest BCUT2D eigenvalue weighted by molar-refractivity contribution is 0.572. The molecule has 0 aromatic heterocycles. The second kappa shape index (κ2) is 6.64. The quantitative estimate of drug-likeness (QED) is 0.761. The van der Waals surface area contributed by atoms with Crippen molar-refractivity contribution in [1.82, 2.24) is 5.32 Å². The predicted octanol–water partition coefficient (Wildman–Crippen LogP) is 5.20. The number of benzene rings is 2. The van der Waals surface area contributed by atoms with E-state index < -0.39 is 0 Å². The number of nitrogens with one attached hydrogen (secondary N) is 1. The molecule has 1 nitrogen and oxygen atoms in total. The molecule has 0 radical (unpaired) electrons. The smallest absolute Gasteiger partial charge is 0.137 e. The fourth-order valence-electron chi connectivity index (χ4n) is 1.81. The molecule has 0 amide bonds. The first-order valence-corrected chi connectivity index (χ1v) is 7.57. The van der Waals surface area contributed by atoms with E-state index in [0.717, 1.165) is 10.0 Å². The summed E-state index contributed by atoms with van der Waals surface area (Å²) in [7, 11) is 0. The van der Waals surface area contributed by atoms with Gasteiger partial charge in [-0.25, -0.2) is 4.39 Å². The maximum atomic E-state index is 13.1. The molecule has 19 heavy (non-hydrogen) atoms. The third kappa shape index (κ3) is 4.13. The van der Waals surface area contributed by atoms with Gasteiger partial charge in [-0.05, 0) is 58.2 Å². The van der Waals surface area contributed by atoms with Crippen molar-refractivity contribution in [2.75, 3.05) is 0 Å².